The van der Waals surface area contributed by atoms with Gasteiger partial charge in [-0.05, 0) is 36.0 Å². The third-order valence-electron chi connectivity index (χ3n) is 8.34. The summed E-state index contributed by atoms with van der Waals surface area (Å²) < 4.78 is 3.86. The van der Waals surface area contributed by atoms with Crippen molar-refractivity contribution in [1.29, 1.82) is 0 Å². The van der Waals surface area contributed by atoms with Gasteiger partial charge in [-0.15, -0.1) is 0 Å². The van der Waals surface area contributed by atoms with E-state index in [1.54, 1.807) is 13.8 Å². The van der Waals surface area contributed by atoms with E-state index in [1.807, 2.05) is 42.5 Å². The number of allylic oxidation sites excluding steroid dienone is 4. The Hall–Kier alpha value is -3.94. The number of ketones is 2. The number of hydrogen-bond acceptors (Lipinski definition) is 5. The molecule has 178 valence electrons. The quantitative estimate of drug-likeness (QED) is 0.550. The molecule has 35 heavy (non-hydrogen) atoms. The van der Waals surface area contributed by atoms with Crippen molar-refractivity contribution in [1.82, 2.24) is 13.9 Å². The Labute approximate surface area is 200 Å². The minimum atomic E-state index is -1.14. The molecule has 0 unspecified atom stereocenters. The number of carbonyl (C=O) groups excluding carboxylic acids is 2. The molecule has 6 rings (SSSR count). The second-order valence-corrected chi connectivity index (χ2v) is 10.1. The van der Waals surface area contributed by atoms with Gasteiger partial charge in [0.15, 0.2) is 11.6 Å². The van der Waals surface area contributed by atoms with E-state index in [0.717, 1.165) is 15.5 Å². The summed E-state index contributed by atoms with van der Waals surface area (Å²) in [7, 11) is 1.43. The number of nitrogens with zero attached hydrogens (tertiary/aromatic N) is 3. The van der Waals surface area contributed by atoms with Crippen molar-refractivity contribution in [2.75, 3.05) is 0 Å². The lowest BCUT2D eigenvalue weighted by Gasteiger charge is -2.52. The summed E-state index contributed by atoms with van der Waals surface area (Å²) in [6.45, 7) is 3.63. The van der Waals surface area contributed by atoms with Crippen LogP contribution in [0.4, 0.5) is 0 Å². The zero-order valence-corrected chi connectivity index (χ0v) is 19.7. The molecule has 3 aliphatic rings. The number of phenolic OH excluding ortho intramolecular Hbond substituents is 1. The van der Waals surface area contributed by atoms with E-state index in [9.17, 15) is 24.3 Å². The predicted octanol–water partition coefficient (Wildman–Crippen LogP) is 2.60. The molecular weight excluding hydrogens is 446 g/mol. The molecule has 1 aliphatic heterocycles. The second kappa shape index (κ2) is 7.04. The topological polar surface area (TPSA) is 103 Å². The van der Waals surface area contributed by atoms with E-state index in [2.05, 4.69) is 0 Å². The van der Waals surface area contributed by atoms with Gasteiger partial charge < -0.3 is 5.11 Å². The van der Waals surface area contributed by atoms with Crippen molar-refractivity contribution in [2.24, 2.45) is 18.4 Å². The van der Waals surface area contributed by atoms with Crippen LogP contribution in [0.2, 0.25) is 0 Å². The zero-order chi connectivity index (χ0) is 24.8. The molecule has 2 aromatic carbocycles. The highest BCUT2D eigenvalue weighted by Gasteiger charge is 2.59. The van der Waals surface area contributed by atoms with Crippen LogP contribution in [0.3, 0.4) is 0 Å². The molecule has 8 nitrogen and oxygen atoms in total. The van der Waals surface area contributed by atoms with E-state index in [1.165, 1.54) is 22.5 Å². The fourth-order valence-electron chi connectivity index (χ4n) is 6.62. The normalized spacial score (nSPS) is 27.7. The smallest absolute Gasteiger partial charge is 0.347 e. The lowest BCUT2D eigenvalue weighted by atomic mass is 9.50. The zero-order valence-electron chi connectivity index (χ0n) is 19.7. The van der Waals surface area contributed by atoms with Crippen LogP contribution in [0.5, 0.6) is 5.75 Å². The molecule has 2 aliphatic carbocycles. The standard InChI is InChI=1S/C27H25N3O5/c1-14-12-21(31)19-13-20-17(10-11-29-25(34)28(3)26(35)30(20)29)22(27(19,2)24(14)33)18-9-8-15-6-4-5-7-16(15)23(18)32/h4-10,12,19-20,22,32H,11,13H2,1-3H3/t19-,20+,22+,27+/m0/s1. The van der Waals surface area contributed by atoms with E-state index in [-0.39, 0.29) is 30.3 Å². The predicted molar refractivity (Wildman–Crippen MR) is 129 cm³/mol. The average Bonchev–Trinajstić information content (AvgIpc) is 3.07. The first kappa shape index (κ1) is 21.6. The molecule has 1 aromatic heterocycles. The summed E-state index contributed by atoms with van der Waals surface area (Å²) in [5.41, 5.74) is -0.315. The first-order valence-corrected chi connectivity index (χ1v) is 11.7. The molecule has 2 heterocycles. The minimum Gasteiger partial charge on any atom is -0.507 e. The van der Waals surface area contributed by atoms with Crippen LogP contribution in [0.15, 0.2) is 69.3 Å². The van der Waals surface area contributed by atoms with Gasteiger partial charge in [0.05, 0.1) is 18.0 Å². The molecule has 8 heteroatoms. The Bertz CT molecular complexity index is 1650. The van der Waals surface area contributed by atoms with Crippen molar-refractivity contribution >= 4 is 22.3 Å². The lowest BCUT2D eigenvalue weighted by Crippen LogP contribution is -2.54. The molecule has 1 saturated carbocycles. The van der Waals surface area contributed by atoms with Gasteiger partial charge in [0, 0.05) is 29.8 Å². The fraction of sp³-hybridized carbons (Fsp3) is 0.333. The van der Waals surface area contributed by atoms with Gasteiger partial charge in [0.1, 0.15) is 5.75 Å². The van der Waals surface area contributed by atoms with Gasteiger partial charge in [0.25, 0.3) is 0 Å². The van der Waals surface area contributed by atoms with Crippen molar-refractivity contribution in [3.8, 4) is 5.75 Å². The number of phenols is 1. The van der Waals surface area contributed by atoms with Crippen molar-refractivity contribution in [3.05, 3.63) is 86.2 Å². The van der Waals surface area contributed by atoms with E-state index in [4.69, 9.17) is 0 Å². The number of hydrogen-bond donors (Lipinski definition) is 1. The maximum atomic E-state index is 13.8. The third kappa shape index (κ3) is 2.62. The van der Waals surface area contributed by atoms with E-state index >= 15 is 0 Å². The summed E-state index contributed by atoms with van der Waals surface area (Å²) in [5.74, 6) is -1.59. The molecule has 0 radical (unpaired) electrons. The SMILES string of the molecule is CC1=CC(=O)[C@@H]2C[C@@H]3C(=CCn4c(=O)n(C)c(=O)n43)[C@H](c3ccc4ccccc4c3O)[C@]2(C)C1=O. The maximum absolute atomic E-state index is 13.8. The van der Waals surface area contributed by atoms with Crippen LogP contribution in [-0.2, 0) is 23.2 Å². The Morgan fingerprint density at radius 1 is 1.03 bits per heavy atom. The van der Waals surface area contributed by atoms with Gasteiger partial charge in [-0.2, -0.15) is 0 Å². The third-order valence-corrected chi connectivity index (χ3v) is 8.34. The van der Waals surface area contributed by atoms with Gasteiger partial charge in [-0.3, -0.25) is 9.59 Å². The highest BCUT2D eigenvalue weighted by atomic mass is 16.3. The number of Topliss-reactive ketones (excluding diaryl/α,β-unsaturated/α-hetero) is 1. The molecule has 1 N–H and O–H groups in total. The lowest BCUT2D eigenvalue weighted by molar-refractivity contribution is -0.139. The van der Waals surface area contributed by atoms with Crippen LogP contribution >= 0.6 is 0 Å². The van der Waals surface area contributed by atoms with Crippen molar-refractivity contribution in [3.63, 3.8) is 0 Å². The van der Waals surface area contributed by atoms with Gasteiger partial charge >= 0.3 is 11.4 Å². The molecular formula is C27H25N3O5. The van der Waals surface area contributed by atoms with Crippen LogP contribution in [0, 0.1) is 11.3 Å². The van der Waals surface area contributed by atoms with Gasteiger partial charge in [-0.1, -0.05) is 49.4 Å². The minimum absolute atomic E-state index is 0.0606. The molecule has 0 saturated heterocycles. The summed E-state index contributed by atoms with van der Waals surface area (Å²) in [4.78, 5) is 52.9. The fourth-order valence-corrected chi connectivity index (χ4v) is 6.62. The van der Waals surface area contributed by atoms with Crippen LogP contribution in [-0.4, -0.2) is 30.6 Å². The number of carbonyl (C=O) groups is 2. The van der Waals surface area contributed by atoms with Crippen LogP contribution < -0.4 is 11.4 Å². The van der Waals surface area contributed by atoms with Gasteiger partial charge in [0.2, 0.25) is 0 Å². The molecule has 0 amide bonds. The first-order chi connectivity index (χ1) is 16.7. The van der Waals surface area contributed by atoms with Crippen molar-refractivity contribution in [2.45, 2.75) is 38.8 Å². The summed E-state index contributed by atoms with van der Waals surface area (Å²) in [5, 5.41) is 13.0. The second-order valence-electron chi connectivity index (χ2n) is 10.1. The van der Waals surface area contributed by atoms with Crippen molar-refractivity contribution < 1.29 is 14.7 Å². The number of fused-ring (bicyclic) bond motifs is 5. The number of aromatic nitrogens is 3. The highest BCUT2D eigenvalue weighted by Crippen LogP contribution is 2.61. The molecule has 1 fully saturated rings. The van der Waals surface area contributed by atoms with Crippen LogP contribution in [0.1, 0.15) is 37.8 Å². The molecule has 3 aromatic rings. The van der Waals surface area contributed by atoms with Crippen LogP contribution in [0.25, 0.3) is 10.8 Å². The monoisotopic (exact) mass is 471 g/mol. The Balaban J connectivity index is 1.66. The molecule has 4 atom stereocenters. The maximum Gasteiger partial charge on any atom is 0.347 e. The largest absolute Gasteiger partial charge is 0.507 e. The molecule has 0 bridgehead atoms. The number of aromatic hydroxyl groups is 1. The number of rotatable bonds is 1. The Kier molecular flexibility index (Phi) is 4.34. The summed E-state index contributed by atoms with van der Waals surface area (Å²) in [6.07, 6.45) is 3.51. The Morgan fingerprint density at radius 3 is 2.54 bits per heavy atom. The van der Waals surface area contributed by atoms with E-state index in [0.29, 0.717) is 16.5 Å². The van der Waals surface area contributed by atoms with Gasteiger partial charge in [-0.25, -0.2) is 23.5 Å². The average molecular weight is 472 g/mol. The van der Waals surface area contributed by atoms with E-state index < -0.39 is 34.7 Å². The first-order valence-electron chi connectivity index (χ1n) is 11.7. The molecule has 0 spiro atoms. The highest BCUT2D eigenvalue weighted by molar-refractivity contribution is 6.13. The summed E-state index contributed by atoms with van der Waals surface area (Å²) >= 11 is 0. The Morgan fingerprint density at radius 2 is 1.77 bits per heavy atom. The summed E-state index contributed by atoms with van der Waals surface area (Å²) in [6, 6.07) is 10.6. The number of benzene rings is 2.